The number of aryl methyl sites for hydroxylation is 1. The van der Waals surface area contributed by atoms with Crippen molar-refractivity contribution in [3.8, 4) is 0 Å². The lowest BCUT2D eigenvalue weighted by Crippen LogP contribution is -2.49. The van der Waals surface area contributed by atoms with Gasteiger partial charge in [-0.15, -0.1) is 0 Å². The Hall–Kier alpha value is -3.70. The van der Waals surface area contributed by atoms with Gasteiger partial charge in [0, 0.05) is 37.1 Å². The first-order valence-corrected chi connectivity index (χ1v) is 11.3. The molecule has 0 unspecified atom stereocenters. The number of carbonyl (C=O) groups excluding carboxylic acids is 2. The Balaban J connectivity index is 1.37. The fourth-order valence-electron chi connectivity index (χ4n) is 4.84. The summed E-state index contributed by atoms with van der Waals surface area (Å²) in [5.74, 6) is -0.928. The van der Waals surface area contributed by atoms with Crippen LogP contribution in [-0.2, 0) is 11.3 Å². The lowest BCUT2D eigenvalue weighted by Gasteiger charge is -2.38. The predicted octanol–water partition coefficient (Wildman–Crippen LogP) is 2.51. The largest absolute Gasteiger partial charge is 0.408 e. The number of halogens is 3. The van der Waals surface area contributed by atoms with Crippen LogP contribution in [0.2, 0.25) is 0 Å². The molecule has 2 amide bonds. The fourth-order valence-corrected chi connectivity index (χ4v) is 4.84. The third-order valence-corrected chi connectivity index (χ3v) is 6.62. The van der Waals surface area contributed by atoms with Crippen LogP contribution < -0.4 is 5.73 Å². The standard InChI is InChI=1S/C23H24F3N7O2/c1-13-4-5-17-15(9-13)20(14-10-31(11-14)21(35)16-6-7-28-22(27)29-16)30-33(17)12-19(34)32-8-2-3-18(32)23(24,25)26/h4-7,9,14,18H,2-3,8,10-12H2,1H3,(H2,27,28,29)/t18-/m0/s1. The van der Waals surface area contributed by atoms with Crippen molar-refractivity contribution in [1.29, 1.82) is 0 Å². The minimum atomic E-state index is -4.45. The van der Waals surface area contributed by atoms with Gasteiger partial charge in [-0.1, -0.05) is 11.6 Å². The van der Waals surface area contributed by atoms with Crippen molar-refractivity contribution in [3.63, 3.8) is 0 Å². The summed E-state index contributed by atoms with van der Waals surface area (Å²) in [6, 6.07) is 5.39. The van der Waals surface area contributed by atoms with Gasteiger partial charge in [-0.2, -0.15) is 18.3 Å². The van der Waals surface area contributed by atoms with E-state index in [0.29, 0.717) is 25.0 Å². The molecule has 2 N–H and O–H groups in total. The van der Waals surface area contributed by atoms with E-state index in [0.717, 1.165) is 21.5 Å². The molecule has 0 spiro atoms. The van der Waals surface area contributed by atoms with Crippen LogP contribution in [0, 0.1) is 6.92 Å². The number of carbonyl (C=O) groups is 2. The lowest BCUT2D eigenvalue weighted by molar-refractivity contribution is -0.183. The van der Waals surface area contributed by atoms with Gasteiger partial charge in [0.1, 0.15) is 18.3 Å². The normalized spacial score (nSPS) is 18.8. The van der Waals surface area contributed by atoms with Gasteiger partial charge in [0.2, 0.25) is 11.9 Å². The zero-order valence-corrected chi connectivity index (χ0v) is 19.0. The Morgan fingerprint density at radius 1 is 1.20 bits per heavy atom. The average molecular weight is 487 g/mol. The predicted molar refractivity (Wildman–Crippen MR) is 120 cm³/mol. The summed E-state index contributed by atoms with van der Waals surface area (Å²) in [5, 5.41) is 5.46. The molecule has 0 aliphatic carbocycles. The smallest absolute Gasteiger partial charge is 0.368 e. The zero-order valence-electron chi connectivity index (χ0n) is 19.0. The summed E-state index contributed by atoms with van der Waals surface area (Å²) in [6.45, 7) is 2.54. The van der Waals surface area contributed by atoms with Gasteiger partial charge in [-0.25, -0.2) is 9.97 Å². The molecular weight excluding hydrogens is 463 g/mol. The third-order valence-electron chi connectivity index (χ3n) is 6.62. The zero-order chi connectivity index (χ0) is 24.9. The highest BCUT2D eigenvalue weighted by Crippen LogP contribution is 2.35. The summed E-state index contributed by atoms with van der Waals surface area (Å²) < 4.78 is 41.5. The molecule has 2 aromatic heterocycles. The second-order valence-electron chi connectivity index (χ2n) is 9.06. The molecule has 9 nitrogen and oxygen atoms in total. The van der Waals surface area contributed by atoms with E-state index >= 15 is 0 Å². The van der Waals surface area contributed by atoms with Gasteiger partial charge >= 0.3 is 6.18 Å². The molecule has 2 fully saturated rings. The molecule has 5 rings (SSSR count). The van der Waals surface area contributed by atoms with E-state index in [2.05, 4.69) is 15.1 Å². The van der Waals surface area contributed by atoms with Crippen LogP contribution in [0.25, 0.3) is 10.9 Å². The first-order chi connectivity index (χ1) is 16.6. The van der Waals surface area contributed by atoms with E-state index in [1.807, 2.05) is 25.1 Å². The van der Waals surface area contributed by atoms with E-state index in [1.54, 1.807) is 4.90 Å². The Labute approximate surface area is 198 Å². The fraction of sp³-hybridized carbons (Fsp3) is 0.435. The maximum absolute atomic E-state index is 13.4. The van der Waals surface area contributed by atoms with Gasteiger partial charge in [0.15, 0.2) is 0 Å². The van der Waals surface area contributed by atoms with Crippen LogP contribution in [0.3, 0.4) is 0 Å². The Morgan fingerprint density at radius 3 is 2.69 bits per heavy atom. The number of alkyl halides is 3. The van der Waals surface area contributed by atoms with Crippen LogP contribution in [-0.4, -0.2) is 73.2 Å². The van der Waals surface area contributed by atoms with E-state index in [4.69, 9.17) is 5.73 Å². The lowest BCUT2D eigenvalue weighted by atomic mass is 9.93. The van der Waals surface area contributed by atoms with Gasteiger partial charge in [-0.3, -0.25) is 14.3 Å². The van der Waals surface area contributed by atoms with E-state index < -0.39 is 18.1 Å². The maximum Gasteiger partial charge on any atom is 0.408 e. The summed E-state index contributed by atoms with van der Waals surface area (Å²) in [5.41, 5.74) is 8.16. The van der Waals surface area contributed by atoms with Crippen LogP contribution in [0.15, 0.2) is 30.5 Å². The molecule has 0 radical (unpaired) electrons. The minimum absolute atomic E-state index is 0.0172. The number of benzene rings is 1. The van der Waals surface area contributed by atoms with Crippen LogP contribution in [0.1, 0.15) is 40.5 Å². The molecule has 2 aliphatic rings. The number of hydrogen-bond donors (Lipinski definition) is 1. The van der Waals surface area contributed by atoms with Crippen molar-refractivity contribution in [2.24, 2.45) is 0 Å². The Morgan fingerprint density at radius 2 is 1.97 bits per heavy atom. The minimum Gasteiger partial charge on any atom is -0.368 e. The number of fused-ring (bicyclic) bond motifs is 1. The molecule has 184 valence electrons. The number of nitrogens with two attached hydrogens (primary N) is 1. The molecule has 0 bridgehead atoms. The monoisotopic (exact) mass is 487 g/mol. The van der Waals surface area contributed by atoms with Crippen molar-refractivity contribution in [2.45, 2.75) is 44.4 Å². The number of nitrogen functional groups attached to an aromatic ring is 1. The van der Waals surface area contributed by atoms with Crippen molar-refractivity contribution < 1.29 is 22.8 Å². The summed E-state index contributed by atoms with van der Waals surface area (Å²) in [6.07, 6.45) is -2.78. The SMILES string of the molecule is Cc1ccc2c(c1)c(C1CN(C(=O)c3ccnc(N)n3)C1)nn2CC(=O)N1CCC[C@H]1C(F)(F)F. The number of nitrogens with zero attached hydrogens (tertiary/aromatic N) is 6. The van der Waals surface area contributed by atoms with E-state index in [1.165, 1.54) is 16.9 Å². The van der Waals surface area contributed by atoms with Crippen molar-refractivity contribution in [1.82, 2.24) is 29.5 Å². The van der Waals surface area contributed by atoms with Gasteiger partial charge in [0.05, 0.1) is 11.2 Å². The molecule has 0 saturated carbocycles. The molecule has 35 heavy (non-hydrogen) atoms. The summed E-state index contributed by atoms with van der Waals surface area (Å²) in [7, 11) is 0. The second kappa shape index (κ2) is 8.51. The summed E-state index contributed by atoms with van der Waals surface area (Å²) >= 11 is 0. The molecule has 2 saturated heterocycles. The molecule has 1 aromatic carbocycles. The van der Waals surface area contributed by atoms with Gasteiger partial charge in [-0.05, 0) is 38.0 Å². The quantitative estimate of drug-likeness (QED) is 0.606. The number of amides is 2. The summed E-state index contributed by atoms with van der Waals surface area (Å²) in [4.78, 5) is 35.9. The van der Waals surface area contributed by atoms with E-state index in [9.17, 15) is 22.8 Å². The number of hydrogen-bond acceptors (Lipinski definition) is 6. The van der Waals surface area contributed by atoms with Gasteiger partial charge in [0.25, 0.3) is 5.91 Å². The topological polar surface area (TPSA) is 110 Å². The molecule has 12 heteroatoms. The second-order valence-corrected chi connectivity index (χ2v) is 9.06. The highest BCUT2D eigenvalue weighted by Gasteiger charge is 2.47. The Kier molecular flexibility index (Phi) is 5.60. The highest BCUT2D eigenvalue weighted by molar-refractivity contribution is 5.93. The first-order valence-electron chi connectivity index (χ1n) is 11.3. The first kappa shape index (κ1) is 23.1. The number of anilines is 1. The molecular formula is C23H24F3N7O2. The van der Waals surface area contributed by atoms with Crippen LogP contribution in [0.4, 0.5) is 19.1 Å². The maximum atomic E-state index is 13.4. The van der Waals surface area contributed by atoms with Crippen LogP contribution >= 0.6 is 0 Å². The van der Waals surface area contributed by atoms with Crippen molar-refractivity contribution >= 4 is 28.7 Å². The van der Waals surface area contributed by atoms with E-state index in [-0.39, 0.29) is 43.0 Å². The van der Waals surface area contributed by atoms with Crippen LogP contribution in [0.5, 0.6) is 0 Å². The molecule has 3 aromatic rings. The molecule has 4 heterocycles. The third kappa shape index (κ3) is 4.28. The molecule has 2 aliphatic heterocycles. The average Bonchev–Trinajstić information content (AvgIpc) is 3.38. The number of aromatic nitrogens is 4. The number of rotatable bonds is 4. The number of likely N-dealkylation sites (tertiary alicyclic amines) is 2. The Bertz CT molecular complexity index is 1300. The highest BCUT2D eigenvalue weighted by atomic mass is 19.4. The van der Waals surface area contributed by atoms with Gasteiger partial charge < -0.3 is 15.5 Å². The van der Waals surface area contributed by atoms with Crippen molar-refractivity contribution in [2.75, 3.05) is 25.4 Å². The molecule has 1 atom stereocenters. The van der Waals surface area contributed by atoms with Crippen molar-refractivity contribution in [3.05, 3.63) is 47.4 Å².